The molecule has 0 saturated carbocycles. The lowest BCUT2D eigenvalue weighted by Gasteiger charge is -1.90. The molecule has 0 aromatic carbocycles. The molecular weight excluding hydrogens is 60.1 g/mol. The van der Waals surface area contributed by atoms with E-state index >= 15 is 0 Å². The highest BCUT2D eigenvalue weighted by Crippen LogP contribution is 1.92. The van der Waals surface area contributed by atoms with E-state index in [1.54, 1.807) is 0 Å². The fraction of sp³-hybridized carbons (Fsp3) is 0.600. The Morgan fingerprint density at radius 3 is 2.80 bits per heavy atom. The van der Waals surface area contributed by atoms with Crippen molar-refractivity contribution in [2.75, 3.05) is 0 Å². The molecule has 0 heterocycles. The van der Waals surface area contributed by atoms with Crippen LogP contribution in [-0.4, -0.2) is 0 Å². The second-order valence-electron chi connectivity index (χ2n) is 1.27. The fourth-order valence-electron chi connectivity index (χ4n) is 0. The summed E-state index contributed by atoms with van der Waals surface area (Å²) in [4.78, 5) is 0. The molecule has 1 atom stereocenters. The van der Waals surface area contributed by atoms with Crippen LogP contribution in [0.15, 0.2) is 0 Å². The minimum Gasteiger partial charge on any atom is -0.0625 e. The molecule has 0 aromatic heterocycles. The van der Waals surface area contributed by atoms with Gasteiger partial charge in [-0.15, -0.1) is 0 Å². The van der Waals surface area contributed by atoms with Crippen LogP contribution in [0.5, 0.6) is 0 Å². The maximum Gasteiger partial charge on any atom is 0.0269 e. The Labute approximate surface area is 35.6 Å². The third kappa shape index (κ3) is 4.00. The molecule has 0 aliphatic rings. The second-order valence-corrected chi connectivity index (χ2v) is 1.27. The van der Waals surface area contributed by atoms with Crippen molar-refractivity contribution in [1.29, 1.82) is 0 Å². The molecule has 2 radical (unpaired) electrons. The molecule has 0 nitrogen and oxygen atoms in total. The van der Waals surface area contributed by atoms with Gasteiger partial charge < -0.3 is 0 Å². The van der Waals surface area contributed by atoms with Crippen molar-refractivity contribution in [2.24, 2.45) is 5.92 Å². The summed E-state index contributed by atoms with van der Waals surface area (Å²) in [5, 5.41) is 0. The van der Waals surface area contributed by atoms with E-state index in [9.17, 15) is 0 Å². The Balaban J connectivity index is 2.75. The summed E-state index contributed by atoms with van der Waals surface area (Å²) in [6.07, 6.45) is 0.837. The van der Waals surface area contributed by atoms with Gasteiger partial charge in [-0.25, -0.2) is 0 Å². The van der Waals surface area contributed by atoms with E-state index < -0.39 is 0 Å². The maximum absolute atomic E-state index is 6.64. The third-order valence-corrected chi connectivity index (χ3v) is 0.455. The highest BCUT2D eigenvalue weighted by atomic mass is 13.9. The Morgan fingerprint density at radius 2 is 2.80 bits per heavy atom. The molecule has 0 fully saturated rings. The van der Waals surface area contributed by atoms with Crippen molar-refractivity contribution in [3.63, 3.8) is 0 Å². The standard InChI is InChI=1S/C5H10/c1-4-5(2)3/h5H,1-2,4H2,3H3/i2D. The molecule has 0 aromatic rings. The predicted octanol–water partition coefficient (Wildman–Crippen LogP) is 1.68. The van der Waals surface area contributed by atoms with Gasteiger partial charge in [0, 0.05) is 1.37 Å². The minimum atomic E-state index is 0.366. The van der Waals surface area contributed by atoms with E-state index in [0.717, 1.165) is 6.42 Å². The van der Waals surface area contributed by atoms with Gasteiger partial charge in [0.1, 0.15) is 0 Å². The zero-order chi connectivity index (χ0) is 4.99. The quantitative estimate of drug-likeness (QED) is 0.464. The summed E-state index contributed by atoms with van der Waals surface area (Å²) in [6.45, 7) is 6.99. The first-order chi connectivity index (χ1) is 2.81. The van der Waals surface area contributed by atoms with Crippen LogP contribution in [0.4, 0.5) is 0 Å². The monoisotopic (exact) mass is 71.1 g/mol. The van der Waals surface area contributed by atoms with Crippen LogP contribution in [0.3, 0.4) is 0 Å². The van der Waals surface area contributed by atoms with Crippen LogP contribution in [0.1, 0.15) is 14.7 Å². The third-order valence-electron chi connectivity index (χ3n) is 0.455. The van der Waals surface area contributed by atoms with Gasteiger partial charge in [0.2, 0.25) is 0 Å². The van der Waals surface area contributed by atoms with Crippen LogP contribution in [0, 0.1) is 19.7 Å². The highest BCUT2D eigenvalue weighted by molar-refractivity contribution is 4.52. The van der Waals surface area contributed by atoms with Gasteiger partial charge in [0.15, 0.2) is 0 Å². The molecule has 0 aliphatic carbocycles. The Bertz CT molecular complexity index is 23.1. The van der Waals surface area contributed by atoms with E-state index in [1.165, 1.54) is 6.90 Å². The molecular formula is C5H10. The molecule has 0 saturated heterocycles. The smallest absolute Gasteiger partial charge is 0.0269 e. The van der Waals surface area contributed by atoms with Crippen LogP contribution >= 0.6 is 0 Å². The molecule has 0 spiro atoms. The van der Waals surface area contributed by atoms with Crippen molar-refractivity contribution in [3.05, 3.63) is 13.8 Å². The Morgan fingerprint density at radius 1 is 2.20 bits per heavy atom. The summed E-state index contributed by atoms with van der Waals surface area (Å²) >= 11 is 0. The number of hydrogen-bond acceptors (Lipinski definition) is 0. The molecule has 5 heavy (non-hydrogen) atoms. The van der Waals surface area contributed by atoms with Crippen molar-refractivity contribution in [2.45, 2.75) is 13.3 Å². The van der Waals surface area contributed by atoms with E-state index in [1.807, 2.05) is 6.92 Å². The zero-order valence-electron chi connectivity index (χ0n) is 4.57. The normalized spacial score (nSPS) is 17.6. The molecule has 0 amide bonds. The van der Waals surface area contributed by atoms with E-state index in [4.69, 9.17) is 1.37 Å². The lowest BCUT2D eigenvalue weighted by atomic mass is 10.2. The first-order valence-electron chi connectivity index (χ1n) is 2.40. The van der Waals surface area contributed by atoms with Gasteiger partial charge in [-0.3, -0.25) is 0 Å². The SMILES string of the molecule is [2H][CH]C(C)C[CH2]. The van der Waals surface area contributed by atoms with E-state index in [0.29, 0.717) is 5.92 Å². The summed E-state index contributed by atoms with van der Waals surface area (Å²) in [5.74, 6) is 0.366. The van der Waals surface area contributed by atoms with Crippen molar-refractivity contribution in [3.8, 4) is 0 Å². The minimum absolute atomic E-state index is 0.366. The summed E-state index contributed by atoms with van der Waals surface area (Å²) in [6, 6.07) is 0. The summed E-state index contributed by atoms with van der Waals surface area (Å²) < 4.78 is 6.64. The van der Waals surface area contributed by atoms with Gasteiger partial charge >= 0.3 is 0 Å². The highest BCUT2D eigenvalue weighted by Gasteiger charge is 1.80. The fourth-order valence-corrected chi connectivity index (χ4v) is 0. The number of rotatable bonds is 2. The van der Waals surface area contributed by atoms with Crippen LogP contribution < -0.4 is 0 Å². The van der Waals surface area contributed by atoms with Gasteiger partial charge in [0.25, 0.3) is 0 Å². The average molecular weight is 71.1 g/mol. The van der Waals surface area contributed by atoms with Gasteiger partial charge in [-0.2, -0.15) is 0 Å². The zero-order valence-corrected chi connectivity index (χ0v) is 3.57. The maximum atomic E-state index is 6.64. The largest absolute Gasteiger partial charge is 0.0625 e. The molecule has 0 aliphatic heterocycles. The molecule has 0 heteroatoms. The van der Waals surface area contributed by atoms with E-state index in [2.05, 4.69) is 6.92 Å². The van der Waals surface area contributed by atoms with Crippen LogP contribution in [-0.2, 0) is 0 Å². The topological polar surface area (TPSA) is 0 Å². The molecule has 30 valence electrons. The lowest BCUT2D eigenvalue weighted by Crippen LogP contribution is -1.78. The van der Waals surface area contributed by atoms with Gasteiger partial charge in [0.05, 0.1) is 0 Å². The number of hydrogen-bond donors (Lipinski definition) is 0. The summed E-state index contributed by atoms with van der Waals surface area (Å²) in [7, 11) is 0. The van der Waals surface area contributed by atoms with Crippen LogP contribution in [0.2, 0.25) is 0 Å². The Kier molecular flexibility index (Phi) is 1.44. The van der Waals surface area contributed by atoms with Gasteiger partial charge in [-0.05, 0) is 5.92 Å². The first kappa shape index (κ1) is 3.20. The van der Waals surface area contributed by atoms with Crippen molar-refractivity contribution < 1.29 is 1.37 Å². The predicted molar refractivity (Wildman–Crippen MR) is 24.5 cm³/mol. The molecule has 0 N–H and O–H groups in total. The lowest BCUT2D eigenvalue weighted by molar-refractivity contribution is 0.737. The molecule has 0 rings (SSSR count). The van der Waals surface area contributed by atoms with Crippen molar-refractivity contribution in [1.82, 2.24) is 0 Å². The second kappa shape index (κ2) is 2.25. The molecule has 0 bridgehead atoms. The Hall–Kier alpha value is 0. The van der Waals surface area contributed by atoms with Crippen LogP contribution in [0.25, 0.3) is 0 Å². The summed E-state index contributed by atoms with van der Waals surface area (Å²) in [5.41, 5.74) is 0. The van der Waals surface area contributed by atoms with Gasteiger partial charge in [-0.1, -0.05) is 27.2 Å². The first-order valence-corrected chi connectivity index (χ1v) is 1.82. The average Bonchev–Trinajstić information content (AvgIpc) is 1.65. The van der Waals surface area contributed by atoms with E-state index in [-0.39, 0.29) is 0 Å². The molecule has 1 unspecified atom stereocenters. The van der Waals surface area contributed by atoms with Crippen molar-refractivity contribution >= 4 is 0 Å².